The maximum atomic E-state index is 4.86. The van der Waals surface area contributed by atoms with Gasteiger partial charge in [-0.25, -0.2) is 14.6 Å². The van der Waals surface area contributed by atoms with Gasteiger partial charge in [-0.1, -0.05) is 65.0 Å². The predicted octanol–water partition coefficient (Wildman–Crippen LogP) is 6.62. The Balaban J connectivity index is 0.950. The Morgan fingerprint density at radius 3 is 2.32 bits per heavy atom. The molecule has 0 spiro atoms. The van der Waals surface area contributed by atoms with Crippen LogP contribution >= 0.6 is 11.8 Å². The van der Waals surface area contributed by atoms with Gasteiger partial charge in [0.2, 0.25) is 0 Å². The molecular weight excluding hydrogens is 569 g/mol. The van der Waals surface area contributed by atoms with Gasteiger partial charge in [-0.3, -0.25) is 4.68 Å². The molecule has 0 saturated heterocycles. The molecule has 44 heavy (non-hydrogen) atoms. The molecule has 0 aliphatic rings. The van der Waals surface area contributed by atoms with Gasteiger partial charge < -0.3 is 9.97 Å². The summed E-state index contributed by atoms with van der Waals surface area (Å²) in [7, 11) is 0. The number of thioether (sulfide) groups is 1. The highest BCUT2D eigenvalue weighted by atomic mass is 32.2. The Bertz CT molecular complexity index is 2210. The molecule has 0 unspecified atom stereocenters. The van der Waals surface area contributed by atoms with Crippen LogP contribution in [0.4, 0.5) is 0 Å². The van der Waals surface area contributed by atoms with Gasteiger partial charge in [-0.2, -0.15) is 0 Å². The lowest BCUT2D eigenvalue weighted by Crippen LogP contribution is -2.01. The number of aromatic amines is 2. The van der Waals surface area contributed by atoms with Gasteiger partial charge in [0.15, 0.2) is 0 Å². The number of nitrogens with zero attached hydrogens (tertiary/aromatic N) is 8. The van der Waals surface area contributed by atoms with Crippen LogP contribution in [0.5, 0.6) is 0 Å². The molecule has 2 N–H and O–H groups in total. The van der Waals surface area contributed by atoms with Crippen LogP contribution in [0.1, 0.15) is 5.56 Å². The van der Waals surface area contributed by atoms with E-state index in [1.54, 1.807) is 18.1 Å². The van der Waals surface area contributed by atoms with Gasteiger partial charge in [-0.15, -0.1) is 22.0 Å². The maximum absolute atomic E-state index is 4.86. The first-order chi connectivity index (χ1) is 21.7. The van der Waals surface area contributed by atoms with Crippen molar-refractivity contribution in [1.82, 2.24) is 49.9 Å². The fourth-order valence-corrected chi connectivity index (χ4v) is 5.99. The lowest BCUT2D eigenvalue weighted by Gasteiger charge is -2.03. The molecule has 11 heteroatoms. The molecule has 4 heterocycles. The summed E-state index contributed by atoms with van der Waals surface area (Å²) in [6.45, 7) is 0.780. The third kappa shape index (κ3) is 5.36. The Labute approximate surface area is 256 Å². The van der Waals surface area contributed by atoms with E-state index in [9.17, 15) is 0 Å². The molecular formula is C33H26N10S. The van der Waals surface area contributed by atoms with E-state index in [-0.39, 0.29) is 0 Å². The van der Waals surface area contributed by atoms with E-state index in [2.05, 4.69) is 90.2 Å². The predicted molar refractivity (Wildman–Crippen MR) is 172 cm³/mol. The van der Waals surface area contributed by atoms with Gasteiger partial charge in [0.1, 0.15) is 17.2 Å². The second kappa shape index (κ2) is 11.3. The number of hydrogen-bond acceptors (Lipinski definition) is 7. The highest BCUT2D eigenvalue weighted by Gasteiger charge is 2.11. The van der Waals surface area contributed by atoms with Crippen molar-refractivity contribution in [1.29, 1.82) is 0 Å². The third-order valence-corrected chi connectivity index (χ3v) is 8.50. The number of benzene rings is 4. The normalized spacial score (nSPS) is 11.5. The van der Waals surface area contributed by atoms with Crippen molar-refractivity contribution < 1.29 is 0 Å². The summed E-state index contributed by atoms with van der Waals surface area (Å²) in [6, 6.07) is 31.0. The van der Waals surface area contributed by atoms with Crippen LogP contribution in [0, 0.1) is 0 Å². The van der Waals surface area contributed by atoms with Crippen molar-refractivity contribution in [3.63, 3.8) is 0 Å². The summed E-state index contributed by atoms with van der Waals surface area (Å²) in [4.78, 5) is 16.9. The first kappa shape index (κ1) is 26.1. The Hall–Kier alpha value is -5.55. The molecule has 0 radical (unpaired) electrons. The molecule has 8 rings (SSSR count). The van der Waals surface area contributed by atoms with Gasteiger partial charge >= 0.3 is 0 Å². The van der Waals surface area contributed by atoms with Crippen molar-refractivity contribution in [2.45, 2.75) is 23.7 Å². The zero-order chi connectivity index (χ0) is 29.3. The first-order valence-corrected chi connectivity index (χ1v) is 15.2. The van der Waals surface area contributed by atoms with Crippen LogP contribution in [0.15, 0.2) is 115 Å². The SMILES string of the molecule is c1ccc(CCn2cc(-c3ccc4nc(-c5cccc(SCn6cc(-c7ccc8nc[nH]c8c7)nn6)c5)[nH]c4c3)nn2)cc1. The van der Waals surface area contributed by atoms with Crippen LogP contribution < -0.4 is 0 Å². The van der Waals surface area contributed by atoms with Crippen LogP contribution in [0.25, 0.3) is 56.0 Å². The van der Waals surface area contributed by atoms with E-state index in [4.69, 9.17) is 4.98 Å². The topological polar surface area (TPSA) is 119 Å². The average molecular weight is 595 g/mol. The molecule has 214 valence electrons. The molecule has 0 amide bonds. The first-order valence-electron chi connectivity index (χ1n) is 14.2. The summed E-state index contributed by atoms with van der Waals surface area (Å²) in [5.41, 5.74) is 9.74. The molecule has 0 bridgehead atoms. The number of imidazole rings is 2. The lowest BCUT2D eigenvalue weighted by atomic mass is 10.1. The summed E-state index contributed by atoms with van der Waals surface area (Å²) in [6.07, 6.45) is 6.57. The number of H-pyrrole nitrogens is 2. The summed E-state index contributed by atoms with van der Waals surface area (Å²) < 4.78 is 3.75. The summed E-state index contributed by atoms with van der Waals surface area (Å²) in [5, 5.41) is 17.5. The standard InChI is InChI=1S/C33H26N10S/c1-2-5-22(6-3-1)13-14-42-18-31(38-40-42)24-10-12-28-30(17-24)37-33(36-28)25-7-4-8-26(15-25)44-21-43-19-32(39-41-43)23-9-11-27-29(16-23)35-20-34-27/h1-12,15-20H,13-14,21H2,(H,34,35)(H,36,37). The van der Waals surface area contributed by atoms with Crippen molar-refractivity contribution in [3.8, 4) is 33.9 Å². The van der Waals surface area contributed by atoms with Gasteiger partial charge in [0, 0.05) is 28.1 Å². The van der Waals surface area contributed by atoms with E-state index in [0.717, 1.165) is 73.8 Å². The van der Waals surface area contributed by atoms with E-state index in [1.807, 2.05) is 58.2 Å². The fraction of sp³-hybridized carbons (Fsp3) is 0.0909. The van der Waals surface area contributed by atoms with Crippen LogP contribution in [0.3, 0.4) is 0 Å². The quantitative estimate of drug-likeness (QED) is 0.180. The number of nitrogens with one attached hydrogen (secondary N) is 2. The minimum atomic E-state index is 0.637. The van der Waals surface area contributed by atoms with Crippen molar-refractivity contribution >= 4 is 33.8 Å². The Morgan fingerprint density at radius 2 is 1.45 bits per heavy atom. The molecule has 0 saturated carbocycles. The zero-order valence-electron chi connectivity index (χ0n) is 23.5. The molecule has 0 aliphatic heterocycles. The lowest BCUT2D eigenvalue weighted by molar-refractivity contribution is 0.589. The van der Waals surface area contributed by atoms with Crippen molar-refractivity contribution in [3.05, 3.63) is 115 Å². The van der Waals surface area contributed by atoms with Gasteiger partial charge in [0.05, 0.1) is 46.7 Å². The van der Waals surface area contributed by atoms with E-state index in [1.165, 1.54) is 5.56 Å². The molecule has 0 aliphatic carbocycles. The molecule has 0 fully saturated rings. The molecule has 4 aromatic heterocycles. The summed E-state index contributed by atoms with van der Waals surface area (Å²) in [5.74, 6) is 1.46. The van der Waals surface area contributed by atoms with Crippen molar-refractivity contribution in [2.75, 3.05) is 0 Å². The van der Waals surface area contributed by atoms with E-state index >= 15 is 0 Å². The molecule has 10 nitrogen and oxygen atoms in total. The second-order valence-corrected chi connectivity index (χ2v) is 11.5. The largest absolute Gasteiger partial charge is 0.345 e. The number of aryl methyl sites for hydroxylation is 2. The smallest absolute Gasteiger partial charge is 0.138 e. The van der Waals surface area contributed by atoms with Crippen LogP contribution in [-0.2, 0) is 18.8 Å². The van der Waals surface area contributed by atoms with E-state index < -0.39 is 0 Å². The number of aromatic nitrogens is 10. The van der Waals surface area contributed by atoms with Gasteiger partial charge in [-0.05, 0) is 48.4 Å². The van der Waals surface area contributed by atoms with Crippen molar-refractivity contribution in [2.24, 2.45) is 0 Å². The number of rotatable bonds is 9. The molecule has 8 aromatic rings. The third-order valence-electron chi connectivity index (χ3n) is 7.51. The highest BCUT2D eigenvalue weighted by Crippen LogP contribution is 2.29. The minimum absolute atomic E-state index is 0.637. The maximum Gasteiger partial charge on any atom is 0.138 e. The molecule has 0 atom stereocenters. The fourth-order valence-electron chi connectivity index (χ4n) is 5.20. The van der Waals surface area contributed by atoms with Gasteiger partial charge in [0.25, 0.3) is 0 Å². The van der Waals surface area contributed by atoms with Crippen LogP contribution in [0.2, 0.25) is 0 Å². The monoisotopic (exact) mass is 594 g/mol. The minimum Gasteiger partial charge on any atom is -0.345 e. The summed E-state index contributed by atoms with van der Waals surface area (Å²) >= 11 is 1.69. The van der Waals surface area contributed by atoms with Crippen LogP contribution in [-0.4, -0.2) is 49.9 Å². The number of hydrogen-bond donors (Lipinski definition) is 2. The average Bonchev–Trinajstić information content (AvgIpc) is 3.89. The Kier molecular flexibility index (Phi) is 6.69. The highest BCUT2D eigenvalue weighted by molar-refractivity contribution is 7.98. The zero-order valence-corrected chi connectivity index (χ0v) is 24.3. The van der Waals surface area contributed by atoms with E-state index in [0.29, 0.717) is 5.88 Å². The number of fused-ring (bicyclic) bond motifs is 2. The molecule has 4 aromatic carbocycles. The Morgan fingerprint density at radius 1 is 0.682 bits per heavy atom. The second-order valence-electron chi connectivity index (χ2n) is 10.5.